The summed E-state index contributed by atoms with van der Waals surface area (Å²) in [6, 6.07) is 13.0. The van der Waals surface area contributed by atoms with Crippen LogP contribution in [0.5, 0.6) is 11.5 Å². The van der Waals surface area contributed by atoms with E-state index in [-0.39, 0.29) is 5.91 Å². The number of rotatable bonds is 8. The zero-order valence-electron chi connectivity index (χ0n) is 16.6. The second-order valence-electron chi connectivity index (χ2n) is 6.55. The molecule has 0 aliphatic carbocycles. The van der Waals surface area contributed by atoms with Gasteiger partial charge in [-0.1, -0.05) is 11.3 Å². The van der Waals surface area contributed by atoms with Crippen LogP contribution in [0, 0.1) is 0 Å². The predicted octanol–water partition coefficient (Wildman–Crippen LogP) is 3.91. The number of carbonyl (C=O) groups is 1. The maximum Gasteiger partial charge on any atom is 0.260 e. The third-order valence-corrected chi connectivity index (χ3v) is 5.28. The molecule has 0 aliphatic heterocycles. The topological polar surface area (TPSA) is 54.9 Å². The van der Waals surface area contributed by atoms with Crippen molar-refractivity contribution in [3.8, 4) is 11.5 Å². The molecule has 3 aromatic rings. The Kier molecular flexibility index (Phi) is 6.49. The fourth-order valence-electron chi connectivity index (χ4n) is 2.74. The minimum Gasteiger partial charge on any atom is -0.497 e. The Morgan fingerprint density at radius 1 is 1.07 bits per heavy atom. The third-order valence-electron chi connectivity index (χ3n) is 4.24. The number of thiazole rings is 1. The fourth-order valence-corrected chi connectivity index (χ4v) is 3.76. The fraction of sp³-hybridized carbons (Fsp3) is 0.333. The Bertz CT molecular complexity index is 938. The summed E-state index contributed by atoms with van der Waals surface area (Å²) in [6.07, 6.45) is 0. The summed E-state index contributed by atoms with van der Waals surface area (Å²) < 4.78 is 11.8. The van der Waals surface area contributed by atoms with Gasteiger partial charge in [0, 0.05) is 18.7 Å². The first-order valence-electron chi connectivity index (χ1n) is 9.16. The summed E-state index contributed by atoms with van der Waals surface area (Å²) in [5, 5.41) is 0.686. The van der Waals surface area contributed by atoms with Crippen molar-refractivity contribution < 1.29 is 14.3 Å². The molecule has 0 bridgehead atoms. The van der Waals surface area contributed by atoms with E-state index in [2.05, 4.69) is 4.90 Å². The van der Waals surface area contributed by atoms with Gasteiger partial charge in [-0.15, -0.1) is 0 Å². The molecule has 0 N–H and O–H groups in total. The van der Waals surface area contributed by atoms with Crippen LogP contribution in [-0.4, -0.2) is 56.7 Å². The van der Waals surface area contributed by atoms with Gasteiger partial charge >= 0.3 is 0 Å². The van der Waals surface area contributed by atoms with E-state index in [1.807, 2.05) is 39.2 Å². The summed E-state index contributed by atoms with van der Waals surface area (Å²) >= 11 is 1.50. The maximum absolute atomic E-state index is 13.2. The van der Waals surface area contributed by atoms with Crippen molar-refractivity contribution in [3.63, 3.8) is 0 Å². The van der Waals surface area contributed by atoms with Gasteiger partial charge in [0.15, 0.2) is 5.13 Å². The van der Waals surface area contributed by atoms with Gasteiger partial charge in [-0.25, -0.2) is 4.98 Å². The van der Waals surface area contributed by atoms with E-state index in [0.29, 0.717) is 23.8 Å². The lowest BCUT2D eigenvalue weighted by molar-refractivity contribution is 0.0985. The zero-order chi connectivity index (χ0) is 20.1. The SMILES string of the molecule is CCOc1ccc2nc(N(CCN(C)C)C(=O)c3ccc(OC)cc3)sc2c1. The summed E-state index contributed by atoms with van der Waals surface area (Å²) in [4.78, 5) is 21.7. The molecule has 28 heavy (non-hydrogen) atoms. The monoisotopic (exact) mass is 399 g/mol. The summed E-state index contributed by atoms with van der Waals surface area (Å²) in [5.41, 5.74) is 1.47. The van der Waals surface area contributed by atoms with Crippen LogP contribution in [0.4, 0.5) is 5.13 Å². The molecule has 7 heteroatoms. The highest BCUT2D eigenvalue weighted by Gasteiger charge is 2.21. The van der Waals surface area contributed by atoms with Gasteiger partial charge in [0.2, 0.25) is 0 Å². The summed E-state index contributed by atoms with van der Waals surface area (Å²) in [6.45, 7) is 3.86. The molecule has 1 aromatic heterocycles. The van der Waals surface area contributed by atoms with E-state index < -0.39 is 0 Å². The van der Waals surface area contributed by atoms with E-state index in [4.69, 9.17) is 14.5 Å². The molecule has 0 saturated heterocycles. The molecule has 0 radical (unpaired) electrons. The van der Waals surface area contributed by atoms with Gasteiger partial charge < -0.3 is 14.4 Å². The molecular weight excluding hydrogens is 374 g/mol. The lowest BCUT2D eigenvalue weighted by atomic mass is 10.2. The van der Waals surface area contributed by atoms with Gasteiger partial charge in [0.05, 0.1) is 23.9 Å². The van der Waals surface area contributed by atoms with Crippen molar-refractivity contribution in [2.24, 2.45) is 0 Å². The number of ether oxygens (including phenoxy) is 2. The average Bonchev–Trinajstić information content (AvgIpc) is 3.11. The summed E-state index contributed by atoms with van der Waals surface area (Å²) in [7, 11) is 5.59. The standard InChI is InChI=1S/C21H25N3O3S/c1-5-27-17-10-11-18-19(14-17)28-21(22-18)24(13-12-23(2)3)20(25)15-6-8-16(26-4)9-7-15/h6-11,14H,5,12-13H2,1-4H3. The van der Waals surface area contributed by atoms with Gasteiger partial charge in [-0.2, -0.15) is 0 Å². The number of hydrogen-bond acceptors (Lipinski definition) is 6. The molecule has 0 saturated carbocycles. The van der Waals surface area contributed by atoms with Gasteiger partial charge in [0.1, 0.15) is 11.5 Å². The van der Waals surface area contributed by atoms with E-state index in [0.717, 1.165) is 28.3 Å². The number of nitrogens with zero attached hydrogens (tertiary/aromatic N) is 3. The van der Waals surface area contributed by atoms with Crippen LogP contribution >= 0.6 is 11.3 Å². The highest BCUT2D eigenvalue weighted by Crippen LogP contribution is 2.32. The highest BCUT2D eigenvalue weighted by atomic mass is 32.1. The van der Waals surface area contributed by atoms with Crippen molar-refractivity contribution >= 4 is 32.6 Å². The predicted molar refractivity (Wildman–Crippen MR) is 114 cm³/mol. The van der Waals surface area contributed by atoms with E-state index in [1.54, 1.807) is 36.3 Å². The van der Waals surface area contributed by atoms with Crippen molar-refractivity contribution in [1.82, 2.24) is 9.88 Å². The number of likely N-dealkylation sites (N-methyl/N-ethyl adjacent to an activating group) is 1. The minimum absolute atomic E-state index is 0.0754. The van der Waals surface area contributed by atoms with Gasteiger partial charge in [-0.05, 0) is 63.5 Å². The first kappa shape index (κ1) is 20.1. The Balaban J connectivity index is 1.94. The Morgan fingerprint density at radius 3 is 2.43 bits per heavy atom. The molecule has 2 aromatic carbocycles. The van der Waals surface area contributed by atoms with Crippen LogP contribution in [0.1, 0.15) is 17.3 Å². The lowest BCUT2D eigenvalue weighted by Crippen LogP contribution is -2.36. The molecule has 0 atom stereocenters. The van der Waals surface area contributed by atoms with Gasteiger partial charge in [0.25, 0.3) is 5.91 Å². The first-order chi connectivity index (χ1) is 13.5. The van der Waals surface area contributed by atoms with E-state index >= 15 is 0 Å². The molecule has 1 heterocycles. The van der Waals surface area contributed by atoms with Crippen LogP contribution in [0.25, 0.3) is 10.2 Å². The van der Waals surface area contributed by atoms with Crippen molar-refractivity contribution in [2.75, 3.05) is 45.8 Å². The Labute approximate surface area is 169 Å². The van der Waals surface area contributed by atoms with Crippen LogP contribution in [0.15, 0.2) is 42.5 Å². The number of carbonyl (C=O) groups excluding carboxylic acids is 1. The van der Waals surface area contributed by atoms with Crippen LogP contribution < -0.4 is 14.4 Å². The number of benzene rings is 2. The van der Waals surface area contributed by atoms with E-state index in [1.165, 1.54) is 11.3 Å². The maximum atomic E-state index is 13.2. The van der Waals surface area contributed by atoms with Crippen molar-refractivity contribution in [3.05, 3.63) is 48.0 Å². The molecular formula is C21H25N3O3S. The smallest absolute Gasteiger partial charge is 0.260 e. The normalized spacial score (nSPS) is 11.0. The number of amides is 1. The van der Waals surface area contributed by atoms with Gasteiger partial charge in [-0.3, -0.25) is 9.69 Å². The Morgan fingerprint density at radius 2 is 1.79 bits per heavy atom. The van der Waals surface area contributed by atoms with Crippen LogP contribution in [-0.2, 0) is 0 Å². The molecule has 0 unspecified atom stereocenters. The molecule has 0 spiro atoms. The quantitative estimate of drug-likeness (QED) is 0.575. The molecule has 3 rings (SSSR count). The first-order valence-corrected chi connectivity index (χ1v) is 9.97. The lowest BCUT2D eigenvalue weighted by Gasteiger charge is -2.22. The highest BCUT2D eigenvalue weighted by molar-refractivity contribution is 7.22. The molecule has 6 nitrogen and oxygen atoms in total. The summed E-state index contributed by atoms with van der Waals surface area (Å²) in [5.74, 6) is 1.46. The van der Waals surface area contributed by atoms with Crippen molar-refractivity contribution in [1.29, 1.82) is 0 Å². The second-order valence-corrected chi connectivity index (χ2v) is 7.56. The second kappa shape index (κ2) is 9.03. The van der Waals surface area contributed by atoms with Crippen LogP contribution in [0.2, 0.25) is 0 Å². The number of hydrogen-bond donors (Lipinski definition) is 0. The number of anilines is 1. The molecule has 0 fully saturated rings. The Hall–Kier alpha value is -2.64. The number of fused-ring (bicyclic) bond motifs is 1. The molecule has 148 valence electrons. The number of aromatic nitrogens is 1. The molecule has 0 aliphatic rings. The number of methoxy groups -OCH3 is 1. The average molecular weight is 400 g/mol. The minimum atomic E-state index is -0.0754. The van der Waals surface area contributed by atoms with E-state index in [9.17, 15) is 4.79 Å². The zero-order valence-corrected chi connectivity index (χ0v) is 17.5. The van der Waals surface area contributed by atoms with Crippen molar-refractivity contribution in [2.45, 2.75) is 6.92 Å². The third kappa shape index (κ3) is 4.61. The molecule has 1 amide bonds. The van der Waals surface area contributed by atoms with Crippen LogP contribution in [0.3, 0.4) is 0 Å². The largest absolute Gasteiger partial charge is 0.497 e.